The van der Waals surface area contributed by atoms with Crippen molar-refractivity contribution in [3.63, 3.8) is 0 Å². The maximum Gasteiger partial charge on any atom is 0.501 e. The molecule has 2 aromatic rings. The summed E-state index contributed by atoms with van der Waals surface area (Å²) in [7, 11) is -2.49. The van der Waals surface area contributed by atoms with Crippen LogP contribution in [-0.4, -0.2) is 35.7 Å². The van der Waals surface area contributed by atoms with E-state index in [1.807, 2.05) is 0 Å². The normalized spacial score (nSPS) is 12.2. The molecule has 1 heterocycles. The third-order valence-electron chi connectivity index (χ3n) is 3.35. The van der Waals surface area contributed by atoms with Gasteiger partial charge in [-0.3, -0.25) is 14.8 Å². The molecular formula is C13H13F3N4O4S. The molecule has 25 heavy (non-hydrogen) atoms. The van der Waals surface area contributed by atoms with Crippen LogP contribution < -0.4 is 4.90 Å². The Kier molecular flexibility index (Phi) is 4.75. The minimum atomic E-state index is -5.67. The number of aromatic nitrogens is 2. The van der Waals surface area contributed by atoms with Gasteiger partial charge in [-0.2, -0.15) is 18.3 Å². The summed E-state index contributed by atoms with van der Waals surface area (Å²) in [4.78, 5) is 10.5. The largest absolute Gasteiger partial charge is 0.501 e. The maximum atomic E-state index is 12.6. The van der Waals surface area contributed by atoms with Gasteiger partial charge in [0.05, 0.1) is 16.0 Å². The first-order valence-corrected chi connectivity index (χ1v) is 8.20. The van der Waals surface area contributed by atoms with Crippen LogP contribution in [0.1, 0.15) is 5.56 Å². The molecule has 0 saturated heterocycles. The first-order chi connectivity index (χ1) is 11.4. The Hall–Kier alpha value is -2.63. The van der Waals surface area contributed by atoms with Crippen LogP contribution in [0.5, 0.6) is 0 Å². The molecule has 0 amide bonds. The molecule has 0 fully saturated rings. The number of halogens is 3. The van der Waals surface area contributed by atoms with E-state index < -0.39 is 30.9 Å². The van der Waals surface area contributed by atoms with E-state index in [1.165, 1.54) is 22.8 Å². The van der Waals surface area contributed by atoms with Crippen molar-refractivity contribution in [3.05, 3.63) is 46.3 Å². The number of hydrogen-bond acceptors (Lipinski definition) is 6. The topological polar surface area (TPSA) is 98.3 Å². The second-order valence-electron chi connectivity index (χ2n) is 5.24. The minimum absolute atomic E-state index is 0.0185. The fourth-order valence-electron chi connectivity index (χ4n) is 2.19. The van der Waals surface area contributed by atoms with Crippen molar-refractivity contribution < 1.29 is 26.5 Å². The van der Waals surface area contributed by atoms with E-state index in [9.17, 15) is 31.7 Å². The zero-order valence-corrected chi connectivity index (χ0v) is 13.9. The Morgan fingerprint density at radius 3 is 2.48 bits per heavy atom. The van der Waals surface area contributed by atoms with Crippen LogP contribution in [-0.2, 0) is 23.4 Å². The summed E-state index contributed by atoms with van der Waals surface area (Å²) < 4.78 is 62.3. The monoisotopic (exact) mass is 378 g/mol. The molecule has 0 radical (unpaired) electrons. The second kappa shape index (κ2) is 6.35. The molecular weight excluding hydrogens is 365 g/mol. The fraction of sp³-hybridized carbons (Fsp3) is 0.308. The number of hydrogen-bond donors (Lipinski definition) is 0. The number of aryl methyl sites for hydroxylation is 1. The summed E-state index contributed by atoms with van der Waals surface area (Å²) in [5, 5.41) is 15.1. The fourth-order valence-corrected chi connectivity index (χ4v) is 2.97. The number of benzene rings is 1. The van der Waals surface area contributed by atoms with Gasteiger partial charge in [0.2, 0.25) is 0 Å². The third-order valence-corrected chi connectivity index (χ3v) is 4.83. The Morgan fingerprint density at radius 1 is 1.36 bits per heavy atom. The van der Waals surface area contributed by atoms with Gasteiger partial charge in [0.1, 0.15) is 5.69 Å². The summed E-state index contributed by atoms with van der Waals surface area (Å²) >= 11 is 0. The summed E-state index contributed by atoms with van der Waals surface area (Å²) in [5.41, 5.74) is -5.58. The van der Waals surface area contributed by atoms with E-state index in [2.05, 4.69) is 5.10 Å². The summed E-state index contributed by atoms with van der Waals surface area (Å²) in [5.74, 6) is 0. The molecule has 0 spiro atoms. The van der Waals surface area contributed by atoms with Crippen LogP contribution in [0.3, 0.4) is 0 Å². The highest BCUT2D eigenvalue weighted by Crippen LogP contribution is 2.36. The number of anilines is 1. The van der Waals surface area contributed by atoms with Gasteiger partial charge in [0, 0.05) is 38.5 Å². The molecule has 1 aromatic carbocycles. The number of alkyl halides is 3. The molecule has 0 aliphatic heterocycles. The number of sulfone groups is 1. The number of nitro groups is 1. The van der Waals surface area contributed by atoms with Crippen molar-refractivity contribution in [2.45, 2.75) is 16.9 Å². The predicted octanol–water partition coefficient (Wildman–Crippen LogP) is 2.26. The van der Waals surface area contributed by atoms with E-state index >= 15 is 0 Å². The number of nitrogens with zero attached hydrogens (tertiary/aromatic N) is 4. The number of nitro benzene ring substituents is 1. The number of rotatable bonds is 5. The Morgan fingerprint density at radius 2 is 2.00 bits per heavy atom. The lowest BCUT2D eigenvalue weighted by Crippen LogP contribution is -2.24. The van der Waals surface area contributed by atoms with E-state index in [-0.39, 0.29) is 12.2 Å². The molecule has 0 aliphatic rings. The van der Waals surface area contributed by atoms with E-state index in [4.69, 9.17) is 0 Å². The molecule has 1 aromatic heterocycles. The van der Waals surface area contributed by atoms with Gasteiger partial charge in [-0.25, -0.2) is 8.42 Å². The van der Waals surface area contributed by atoms with Crippen LogP contribution in [0.25, 0.3) is 0 Å². The highest BCUT2D eigenvalue weighted by molar-refractivity contribution is 7.92. The maximum absolute atomic E-state index is 12.6. The first-order valence-electron chi connectivity index (χ1n) is 6.72. The predicted molar refractivity (Wildman–Crippen MR) is 81.7 cm³/mol. The first kappa shape index (κ1) is 18.7. The molecule has 8 nitrogen and oxygen atoms in total. The van der Waals surface area contributed by atoms with E-state index in [0.29, 0.717) is 17.7 Å². The Labute approximate surface area is 140 Å². The van der Waals surface area contributed by atoms with Gasteiger partial charge in [-0.05, 0) is 12.1 Å². The van der Waals surface area contributed by atoms with Crippen LogP contribution in [0, 0.1) is 10.1 Å². The summed E-state index contributed by atoms with van der Waals surface area (Å²) in [6.45, 7) is 0.194. The average molecular weight is 378 g/mol. The highest BCUT2D eigenvalue weighted by Gasteiger charge is 2.47. The van der Waals surface area contributed by atoms with Gasteiger partial charge in [0.25, 0.3) is 15.5 Å². The lowest BCUT2D eigenvalue weighted by atomic mass is 10.2. The van der Waals surface area contributed by atoms with Crippen LogP contribution in [0.15, 0.2) is 35.5 Å². The van der Waals surface area contributed by atoms with Crippen LogP contribution in [0.4, 0.5) is 24.5 Å². The van der Waals surface area contributed by atoms with Gasteiger partial charge >= 0.3 is 5.51 Å². The van der Waals surface area contributed by atoms with Crippen molar-refractivity contribution >= 4 is 21.2 Å². The summed E-state index contributed by atoms with van der Waals surface area (Å²) in [6, 6.07) is 2.09. The minimum Gasteiger partial charge on any atom is -0.365 e. The van der Waals surface area contributed by atoms with E-state index in [0.717, 1.165) is 6.07 Å². The molecule has 136 valence electrons. The second-order valence-corrected chi connectivity index (χ2v) is 7.18. The quantitative estimate of drug-likeness (QED) is 0.585. The lowest BCUT2D eigenvalue weighted by molar-refractivity contribution is -0.384. The van der Waals surface area contributed by atoms with Crippen molar-refractivity contribution in [2.24, 2.45) is 7.05 Å². The summed E-state index contributed by atoms with van der Waals surface area (Å²) in [6.07, 6.45) is 3.20. The molecule has 0 N–H and O–H groups in total. The zero-order chi connectivity index (χ0) is 19.0. The van der Waals surface area contributed by atoms with E-state index in [1.54, 1.807) is 13.2 Å². The standard InChI is InChI=1S/C13H13F3N4O4S/c1-18(7-9-6-17-19(2)8-9)11-4-3-10(5-12(11)20(21)22)25(23,24)13(14,15)16/h3-6,8H,7H2,1-2H3. The SMILES string of the molecule is CN(Cc1cnn(C)c1)c1ccc(S(=O)(=O)C(F)(F)F)cc1[N+](=O)[O-]. The molecule has 0 unspecified atom stereocenters. The molecule has 0 aliphatic carbocycles. The lowest BCUT2D eigenvalue weighted by Gasteiger charge is -2.19. The molecule has 2 rings (SSSR count). The average Bonchev–Trinajstić information content (AvgIpc) is 2.90. The molecule has 0 bridgehead atoms. The molecule has 0 atom stereocenters. The van der Waals surface area contributed by atoms with Gasteiger partial charge in [0.15, 0.2) is 0 Å². The third kappa shape index (κ3) is 3.73. The van der Waals surface area contributed by atoms with Crippen LogP contribution in [0.2, 0.25) is 0 Å². The van der Waals surface area contributed by atoms with Gasteiger partial charge < -0.3 is 4.90 Å². The van der Waals surface area contributed by atoms with Crippen LogP contribution >= 0.6 is 0 Å². The van der Waals surface area contributed by atoms with Crippen molar-refractivity contribution in [1.29, 1.82) is 0 Å². The Balaban J connectivity index is 2.45. The van der Waals surface area contributed by atoms with Crippen molar-refractivity contribution in [3.8, 4) is 0 Å². The molecule has 12 heteroatoms. The molecule has 0 saturated carbocycles. The Bertz CT molecular complexity index is 908. The van der Waals surface area contributed by atoms with Gasteiger partial charge in [-0.1, -0.05) is 0 Å². The van der Waals surface area contributed by atoms with Gasteiger partial charge in [-0.15, -0.1) is 0 Å². The van der Waals surface area contributed by atoms with Crippen molar-refractivity contribution in [2.75, 3.05) is 11.9 Å². The smallest absolute Gasteiger partial charge is 0.365 e. The highest BCUT2D eigenvalue weighted by atomic mass is 32.2. The van der Waals surface area contributed by atoms with Crippen molar-refractivity contribution in [1.82, 2.24) is 9.78 Å². The zero-order valence-electron chi connectivity index (χ0n) is 13.1.